The Hall–Kier alpha value is -2.30. The van der Waals surface area contributed by atoms with Crippen LogP contribution in [0.3, 0.4) is 0 Å². The highest BCUT2D eigenvalue weighted by atomic mass is 32.2. The summed E-state index contributed by atoms with van der Waals surface area (Å²) in [6, 6.07) is 6.57. The number of nitroso groups, excluding NO2 is 1. The first-order chi connectivity index (χ1) is 15.3. The standard InChI is InChI=1S/C22H32N4O5S/c1-22(2,15-27)19(25-31)21(30)23-11-10-18(28)20(29)24-14-16-6-8-17(9-7-16)32-26-12-4-3-5-13-26/h6-9,19,27H,3-5,10-15H2,1-2H3,(H,23,30)(H,24,29). The number of nitrogens with one attached hydrogen (secondary N) is 2. The molecule has 9 nitrogen and oxygen atoms in total. The highest BCUT2D eigenvalue weighted by molar-refractivity contribution is 7.97. The molecule has 3 N–H and O–H groups in total. The molecular weight excluding hydrogens is 432 g/mol. The zero-order chi connectivity index (χ0) is 23.6. The molecule has 1 aromatic rings. The average Bonchev–Trinajstić information content (AvgIpc) is 2.79. The molecule has 1 fully saturated rings. The van der Waals surface area contributed by atoms with Crippen molar-refractivity contribution in [1.82, 2.24) is 14.9 Å². The van der Waals surface area contributed by atoms with E-state index in [1.54, 1.807) is 11.9 Å². The number of amides is 2. The molecule has 0 spiro atoms. The first kappa shape index (κ1) is 26.0. The van der Waals surface area contributed by atoms with Crippen molar-refractivity contribution in [1.29, 1.82) is 0 Å². The van der Waals surface area contributed by atoms with Crippen LogP contribution in [0.1, 0.15) is 45.1 Å². The molecule has 1 aromatic carbocycles. The van der Waals surface area contributed by atoms with E-state index in [-0.39, 0.29) is 19.5 Å². The predicted octanol–water partition coefficient (Wildman–Crippen LogP) is 2.02. The van der Waals surface area contributed by atoms with E-state index >= 15 is 0 Å². The third kappa shape index (κ3) is 7.99. The highest BCUT2D eigenvalue weighted by Crippen LogP contribution is 2.26. The Morgan fingerprint density at radius 2 is 1.78 bits per heavy atom. The summed E-state index contributed by atoms with van der Waals surface area (Å²) in [5.41, 5.74) is -0.136. The number of carbonyl (C=O) groups is 3. The van der Waals surface area contributed by atoms with Gasteiger partial charge < -0.3 is 15.7 Å². The topological polar surface area (TPSA) is 128 Å². The highest BCUT2D eigenvalue weighted by Gasteiger charge is 2.36. The van der Waals surface area contributed by atoms with E-state index in [2.05, 4.69) is 20.1 Å². The van der Waals surface area contributed by atoms with Crippen LogP contribution in [0.5, 0.6) is 0 Å². The van der Waals surface area contributed by atoms with Crippen molar-refractivity contribution in [3.63, 3.8) is 0 Å². The lowest BCUT2D eigenvalue weighted by Gasteiger charge is -2.25. The summed E-state index contributed by atoms with van der Waals surface area (Å²) < 4.78 is 2.36. The molecule has 32 heavy (non-hydrogen) atoms. The number of hydrogen-bond acceptors (Lipinski definition) is 8. The van der Waals surface area contributed by atoms with Crippen molar-refractivity contribution in [2.75, 3.05) is 26.2 Å². The lowest BCUT2D eigenvalue weighted by atomic mass is 9.85. The molecule has 0 saturated carbocycles. The van der Waals surface area contributed by atoms with Crippen LogP contribution in [0.25, 0.3) is 0 Å². The lowest BCUT2D eigenvalue weighted by Crippen LogP contribution is -2.45. The molecule has 1 aliphatic heterocycles. The van der Waals surface area contributed by atoms with Crippen molar-refractivity contribution in [2.24, 2.45) is 10.6 Å². The fourth-order valence-electron chi connectivity index (χ4n) is 3.20. The number of Topliss-reactive ketones (excluding diaryl/α,β-unsaturated/α-hetero) is 1. The second kappa shape index (κ2) is 12.7. The van der Waals surface area contributed by atoms with E-state index in [0.717, 1.165) is 23.5 Å². The first-order valence-electron chi connectivity index (χ1n) is 10.8. The second-order valence-corrected chi connectivity index (χ2v) is 9.70. The SMILES string of the molecule is CC(C)(CO)C(N=O)C(=O)NCCC(=O)C(=O)NCc1ccc(SN2CCCCC2)cc1. The molecule has 0 bridgehead atoms. The number of carbonyl (C=O) groups excluding carboxylic acids is 3. The zero-order valence-electron chi connectivity index (χ0n) is 18.6. The zero-order valence-corrected chi connectivity index (χ0v) is 19.5. The summed E-state index contributed by atoms with van der Waals surface area (Å²) in [4.78, 5) is 48.2. The number of rotatable bonds is 12. The van der Waals surface area contributed by atoms with E-state index < -0.39 is 35.7 Å². The summed E-state index contributed by atoms with van der Waals surface area (Å²) in [6.07, 6.45) is 3.54. The third-order valence-corrected chi connectivity index (χ3v) is 6.44. The van der Waals surface area contributed by atoms with Gasteiger partial charge in [0, 0.05) is 42.9 Å². The molecule has 0 radical (unpaired) electrons. The van der Waals surface area contributed by atoms with Gasteiger partial charge in [0.25, 0.3) is 5.91 Å². The van der Waals surface area contributed by atoms with Gasteiger partial charge in [-0.1, -0.05) is 37.6 Å². The maximum Gasteiger partial charge on any atom is 0.287 e. The van der Waals surface area contributed by atoms with Gasteiger partial charge in [-0.15, -0.1) is 4.91 Å². The van der Waals surface area contributed by atoms with Gasteiger partial charge in [-0.05, 0) is 42.5 Å². The monoisotopic (exact) mass is 464 g/mol. The van der Waals surface area contributed by atoms with E-state index in [9.17, 15) is 24.4 Å². The first-order valence-corrected chi connectivity index (χ1v) is 11.6. The van der Waals surface area contributed by atoms with Gasteiger partial charge >= 0.3 is 0 Å². The number of piperidine rings is 1. The summed E-state index contributed by atoms with van der Waals surface area (Å²) in [6.45, 7) is 5.00. The van der Waals surface area contributed by atoms with Crippen LogP contribution in [0.2, 0.25) is 0 Å². The van der Waals surface area contributed by atoms with Crippen LogP contribution in [-0.4, -0.2) is 59.3 Å². The number of aliphatic hydroxyl groups is 1. The molecule has 2 rings (SSSR count). The quantitative estimate of drug-likeness (QED) is 0.245. The third-order valence-electron chi connectivity index (χ3n) is 5.33. The second-order valence-electron chi connectivity index (χ2n) is 8.53. The maximum absolute atomic E-state index is 12.1. The molecule has 1 saturated heterocycles. The Kier molecular flexibility index (Phi) is 10.3. The van der Waals surface area contributed by atoms with Gasteiger partial charge in [0.1, 0.15) is 0 Å². The molecule has 1 atom stereocenters. The van der Waals surface area contributed by atoms with Gasteiger partial charge in [0.15, 0.2) is 6.04 Å². The van der Waals surface area contributed by atoms with Crippen molar-refractivity contribution in [3.05, 3.63) is 34.7 Å². The molecule has 2 amide bonds. The average molecular weight is 465 g/mol. The Labute approximate surface area is 192 Å². The molecule has 1 heterocycles. The number of ketones is 1. The minimum atomic E-state index is -1.28. The molecule has 1 unspecified atom stereocenters. The van der Waals surface area contributed by atoms with Crippen LogP contribution in [0.4, 0.5) is 0 Å². The Bertz CT molecular complexity index is 794. The summed E-state index contributed by atoms with van der Waals surface area (Å²) >= 11 is 1.74. The molecule has 0 aliphatic carbocycles. The largest absolute Gasteiger partial charge is 0.396 e. The van der Waals surface area contributed by atoms with Crippen LogP contribution in [-0.2, 0) is 20.9 Å². The van der Waals surface area contributed by atoms with Gasteiger partial charge in [-0.3, -0.25) is 14.4 Å². The van der Waals surface area contributed by atoms with Crippen LogP contribution in [0, 0.1) is 10.3 Å². The van der Waals surface area contributed by atoms with E-state index in [0.29, 0.717) is 0 Å². The molecule has 0 aromatic heterocycles. The molecular formula is C22H32N4O5S. The van der Waals surface area contributed by atoms with Crippen molar-refractivity contribution in [2.45, 2.75) is 57.0 Å². The summed E-state index contributed by atoms with van der Waals surface area (Å²) in [7, 11) is 0. The number of aliphatic hydroxyl groups excluding tert-OH is 1. The Morgan fingerprint density at radius 1 is 1.12 bits per heavy atom. The normalized spacial score (nSPS) is 15.6. The van der Waals surface area contributed by atoms with Crippen LogP contribution >= 0.6 is 11.9 Å². The molecule has 1 aliphatic rings. The van der Waals surface area contributed by atoms with Crippen molar-refractivity contribution in [3.8, 4) is 0 Å². The van der Waals surface area contributed by atoms with Crippen LogP contribution in [0.15, 0.2) is 34.3 Å². The smallest absolute Gasteiger partial charge is 0.287 e. The van der Waals surface area contributed by atoms with E-state index in [4.69, 9.17) is 0 Å². The Balaban J connectivity index is 1.71. The molecule has 10 heteroatoms. The Morgan fingerprint density at radius 3 is 2.38 bits per heavy atom. The van der Waals surface area contributed by atoms with Gasteiger partial charge in [-0.25, -0.2) is 4.31 Å². The molecule has 176 valence electrons. The lowest BCUT2D eigenvalue weighted by molar-refractivity contribution is -0.138. The van der Waals surface area contributed by atoms with Crippen molar-refractivity contribution < 1.29 is 19.5 Å². The fraction of sp³-hybridized carbons (Fsp3) is 0.591. The van der Waals surface area contributed by atoms with Crippen LogP contribution < -0.4 is 10.6 Å². The number of benzene rings is 1. The predicted molar refractivity (Wildman–Crippen MR) is 123 cm³/mol. The minimum Gasteiger partial charge on any atom is -0.396 e. The fourth-order valence-corrected chi connectivity index (χ4v) is 4.19. The van der Waals surface area contributed by atoms with Gasteiger partial charge in [0.2, 0.25) is 11.7 Å². The van der Waals surface area contributed by atoms with E-state index in [1.165, 1.54) is 33.1 Å². The van der Waals surface area contributed by atoms with E-state index in [1.807, 2.05) is 24.3 Å². The maximum atomic E-state index is 12.1. The summed E-state index contributed by atoms with van der Waals surface area (Å²) in [5, 5.41) is 17.1. The number of nitrogens with zero attached hydrogens (tertiary/aromatic N) is 2. The van der Waals surface area contributed by atoms with Crippen molar-refractivity contribution >= 4 is 29.5 Å². The minimum absolute atomic E-state index is 0.0962. The van der Waals surface area contributed by atoms with Gasteiger partial charge in [-0.2, -0.15) is 0 Å². The van der Waals surface area contributed by atoms with Gasteiger partial charge in [0.05, 0.1) is 6.61 Å². The number of hydrogen-bond donors (Lipinski definition) is 3. The summed E-state index contributed by atoms with van der Waals surface area (Å²) in [5.74, 6) is -2.08.